The van der Waals surface area contributed by atoms with Gasteiger partial charge in [0.1, 0.15) is 5.82 Å². The molecule has 4 nitrogen and oxygen atoms in total. The number of halogens is 1. The molecule has 6 heteroatoms. The Bertz CT molecular complexity index is 708. The molecule has 2 aromatic rings. The maximum Gasteiger partial charge on any atom is 0.225 e. The SMILES string of the molecule is Cc1nc(-c2ccc(F)cc2)c(CC(=O)N[C@@H](C)[C@H]2CCCO2)s1. The van der Waals surface area contributed by atoms with Crippen molar-refractivity contribution < 1.29 is 13.9 Å². The summed E-state index contributed by atoms with van der Waals surface area (Å²) in [6, 6.07) is 6.21. The molecule has 1 amide bonds. The molecule has 0 bridgehead atoms. The summed E-state index contributed by atoms with van der Waals surface area (Å²) in [7, 11) is 0. The largest absolute Gasteiger partial charge is 0.376 e. The van der Waals surface area contributed by atoms with Crippen molar-refractivity contribution in [2.75, 3.05) is 6.61 Å². The lowest BCUT2D eigenvalue weighted by molar-refractivity contribution is -0.121. The van der Waals surface area contributed by atoms with Gasteiger partial charge in [0.15, 0.2) is 0 Å². The molecule has 128 valence electrons. The molecule has 0 radical (unpaired) electrons. The van der Waals surface area contributed by atoms with Gasteiger partial charge in [-0.15, -0.1) is 11.3 Å². The first-order chi connectivity index (χ1) is 11.5. The van der Waals surface area contributed by atoms with Gasteiger partial charge in [-0.1, -0.05) is 0 Å². The third-order valence-electron chi connectivity index (χ3n) is 4.15. The van der Waals surface area contributed by atoms with Crippen LogP contribution in [0.4, 0.5) is 4.39 Å². The van der Waals surface area contributed by atoms with Gasteiger partial charge >= 0.3 is 0 Å². The molecule has 1 fully saturated rings. The summed E-state index contributed by atoms with van der Waals surface area (Å²) in [6.07, 6.45) is 2.42. The Balaban J connectivity index is 1.70. The maximum absolute atomic E-state index is 13.1. The summed E-state index contributed by atoms with van der Waals surface area (Å²) < 4.78 is 18.7. The number of carbonyl (C=O) groups is 1. The Labute approximate surface area is 145 Å². The lowest BCUT2D eigenvalue weighted by atomic mass is 10.1. The standard InChI is InChI=1S/C18H21FN2O2S/c1-11(15-4-3-9-23-15)20-17(22)10-16-18(21-12(2)24-16)13-5-7-14(19)8-6-13/h5-8,11,15H,3-4,9-10H2,1-2H3,(H,20,22)/t11-,15+/m0/s1. The predicted molar refractivity (Wildman–Crippen MR) is 92.5 cm³/mol. The minimum Gasteiger partial charge on any atom is -0.376 e. The zero-order valence-corrected chi connectivity index (χ0v) is 14.7. The van der Waals surface area contributed by atoms with Crippen LogP contribution in [0.5, 0.6) is 0 Å². The van der Waals surface area contributed by atoms with Crippen molar-refractivity contribution in [1.82, 2.24) is 10.3 Å². The van der Waals surface area contributed by atoms with Crippen molar-refractivity contribution >= 4 is 17.2 Å². The summed E-state index contributed by atoms with van der Waals surface area (Å²) in [5.41, 5.74) is 1.59. The van der Waals surface area contributed by atoms with Gasteiger partial charge in [0, 0.05) is 17.0 Å². The summed E-state index contributed by atoms with van der Waals surface area (Å²) in [5.74, 6) is -0.319. The molecule has 1 aliphatic rings. The zero-order valence-electron chi connectivity index (χ0n) is 13.8. The number of aromatic nitrogens is 1. The van der Waals surface area contributed by atoms with Gasteiger partial charge in [-0.25, -0.2) is 9.37 Å². The molecular formula is C18H21FN2O2S. The molecule has 2 atom stereocenters. The number of amides is 1. The molecule has 0 spiro atoms. The third-order valence-corrected chi connectivity index (χ3v) is 5.13. The van der Waals surface area contributed by atoms with Gasteiger partial charge < -0.3 is 10.1 Å². The normalized spacial score (nSPS) is 18.5. The number of rotatable bonds is 5. The average Bonchev–Trinajstić information content (AvgIpc) is 3.18. The molecule has 1 aromatic carbocycles. The molecule has 24 heavy (non-hydrogen) atoms. The summed E-state index contributed by atoms with van der Waals surface area (Å²) in [4.78, 5) is 17.8. The molecule has 0 saturated carbocycles. The van der Waals surface area contributed by atoms with Crippen LogP contribution >= 0.6 is 11.3 Å². The third kappa shape index (κ3) is 3.99. The topological polar surface area (TPSA) is 51.2 Å². The van der Waals surface area contributed by atoms with Crippen molar-refractivity contribution in [3.63, 3.8) is 0 Å². The van der Waals surface area contributed by atoms with E-state index in [9.17, 15) is 9.18 Å². The fraction of sp³-hybridized carbons (Fsp3) is 0.444. The van der Waals surface area contributed by atoms with Crippen LogP contribution in [0.2, 0.25) is 0 Å². The van der Waals surface area contributed by atoms with Crippen molar-refractivity contribution in [2.45, 2.75) is 45.3 Å². The highest BCUT2D eigenvalue weighted by Crippen LogP contribution is 2.28. The van der Waals surface area contributed by atoms with E-state index in [1.807, 2.05) is 13.8 Å². The second kappa shape index (κ2) is 7.40. The number of nitrogens with one attached hydrogen (secondary N) is 1. The Morgan fingerprint density at radius 2 is 2.21 bits per heavy atom. The molecule has 0 aliphatic carbocycles. The van der Waals surface area contributed by atoms with E-state index in [0.717, 1.165) is 40.6 Å². The molecule has 2 heterocycles. The van der Waals surface area contributed by atoms with Crippen LogP contribution in [0.15, 0.2) is 24.3 Å². The smallest absolute Gasteiger partial charge is 0.225 e. The summed E-state index contributed by atoms with van der Waals surface area (Å²) in [6.45, 7) is 4.66. The van der Waals surface area contributed by atoms with Crippen molar-refractivity contribution in [3.8, 4) is 11.3 Å². The second-order valence-corrected chi connectivity index (χ2v) is 7.38. The van der Waals surface area contributed by atoms with Crippen molar-refractivity contribution in [3.05, 3.63) is 40.0 Å². The van der Waals surface area contributed by atoms with E-state index >= 15 is 0 Å². The van der Waals surface area contributed by atoms with E-state index in [0.29, 0.717) is 0 Å². The van der Waals surface area contributed by atoms with E-state index in [1.54, 1.807) is 12.1 Å². The summed E-state index contributed by atoms with van der Waals surface area (Å²) >= 11 is 1.50. The lowest BCUT2D eigenvalue weighted by Crippen LogP contribution is -2.41. The van der Waals surface area contributed by atoms with E-state index in [2.05, 4.69) is 10.3 Å². The van der Waals surface area contributed by atoms with E-state index < -0.39 is 0 Å². The van der Waals surface area contributed by atoms with Crippen LogP contribution in [0, 0.1) is 12.7 Å². The van der Waals surface area contributed by atoms with Crippen molar-refractivity contribution in [1.29, 1.82) is 0 Å². The van der Waals surface area contributed by atoms with Crippen LogP contribution in [-0.4, -0.2) is 29.6 Å². The van der Waals surface area contributed by atoms with Crippen LogP contribution in [0.3, 0.4) is 0 Å². The van der Waals surface area contributed by atoms with Crippen molar-refractivity contribution in [2.24, 2.45) is 0 Å². The Hall–Kier alpha value is -1.79. The molecule has 1 aromatic heterocycles. The first kappa shape index (κ1) is 17.0. The van der Waals surface area contributed by atoms with Gasteiger partial charge in [-0.3, -0.25) is 4.79 Å². The monoisotopic (exact) mass is 348 g/mol. The number of carbonyl (C=O) groups excluding carboxylic acids is 1. The van der Waals surface area contributed by atoms with E-state index in [-0.39, 0.29) is 30.3 Å². The fourth-order valence-electron chi connectivity index (χ4n) is 2.96. The summed E-state index contributed by atoms with van der Waals surface area (Å²) in [5, 5.41) is 3.92. The van der Waals surface area contributed by atoms with Gasteiger partial charge in [-0.05, 0) is 51.0 Å². The number of benzene rings is 1. The number of ether oxygens (including phenoxy) is 1. The van der Waals surface area contributed by atoms with Crippen LogP contribution in [0.1, 0.15) is 29.7 Å². The number of nitrogens with zero attached hydrogens (tertiary/aromatic N) is 1. The number of hydrogen-bond acceptors (Lipinski definition) is 4. The van der Waals surface area contributed by atoms with E-state index in [1.165, 1.54) is 23.5 Å². The van der Waals surface area contributed by atoms with Gasteiger partial charge in [-0.2, -0.15) is 0 Å². The Morgan fingerprint density at radius 1 is 1.46 bits per heavy atom. The minimum absolute atomic E-state index is 0.00305. The van der Waals surface area contributed by atoms with Gasteiger partial charge in [0.25, 0.3) is 0 Å². The second-order valence-electron chi connectivity index (χ2n) is 6.10. The highest BCUT2D eigenvalue weighted by Gasteiger charge is 2.24. The lowest BCUT2D eigenvalue weighted by Gasteiger charge is -2.19. The quantitative estimate of drug-likeness (QED) is 0.900. The highest BCUT2D eigenvalue weighted by atomic mass is 32.1. The number of aryl methyl sites for hydroxylation is 1. The maximum atomic E-state index is 13.1. The fourth-order valence-corrected chi connectivity index (χ4v) is 3.92. The van der Waals surface area contributed by atoms with E-state index in [4.69, 9.17) is 4.74 Å². The Kier molecular flexibility index (Phi) is 5.26. The molecule has 0 unspecified atom stereocenters. The molecule has 1 N–H and O–H groups in total. The zero-order chi connectivity index (χ0) is 17.1. The number of hydrogen-bond donors (Lipinski definition) is 1. The minimum atomic E-state index is -0.282. The van der Waals surface area contributed by atoms with Gasteiger partial charge in [0.05, 0.1) is 29.3 Å². The molecule has 1 aliphatic heterocycles. The van der Waals surface area contributed by atoms with Gasteiger partial charge in [0.2, 0.25) is 5.91 Å². The average molecular weight is 348 g/mol. The van der Waals surface area contributed by atoms with Crippen LogP contribution in [0.25, 0.3) is 11.3 Å². The Morgan fingerprint density at radius 3 is 2.88 bits per heavy atom. The predicted octanol–water partition coefficient (Wildman–Crippen LogP) is 3.48. The molecule has 1 saturated heterocycles. The first-order valence-electron chi connectivity index (χ1n) is 8.16. The highest BCUT2D eigenvalue weighted by molar-refractivity contribution is 7.12. The molecule has 3 rings (SSSR count). The molecular weight excluding hydrogens is 327 g/mol. The van der Waals surface area contributed by atoms with Crippen LogP contribution in [-0.2, 0) is 16.0 Å². The number of thiazole rings is 1. The first-order valence-corrected chi connectivity index (χ1v) is 8.98. The van der Waals surface area contributed by atoms with Crippen LogP contribution < -0.4 is 5.32 Å².